The molecule has 0 amide bonds. The minimum Gasteiger partial charge on any atom is -0.508 e. The van der Waals surface area contributed by atoms with Crippen LogP contribution in [0.5, 0.6) is 5.75 Å². The normalized spacial score (nSPS) is 11.3. The van der Waals surface area contributed by atoms with Crippen molar-refractivity contribution in [3.63, 3.8) is 0 Å². The maximum atomic E-state index is 12.2. The Morgan fingerprint density at radius 3 is 2.53 bits per heavy atom. The Labute approximate surface area is 200 Å². The lowest BCUT2D eigenvalue weighted by atomic mass is 10.1. The molecule has 8 heteroatoms. The Bertz CT molecular complexity index is 1580. The highest BCUT2D eigenvalue weighted by molar-refractivity contribution is 7.98. The van der Waals surface area contributed by atoms with E-state index in [9.17, 15) is 9.90 Å². The minimum absolute atomic E-state index is 0.0944. The maximum Gasteiger partial charge on any atom is 0.336 e. The molecule has 1 N–H and O–H groups in total. The Morgan fingerprint density at radius 1 is 0.971 bits per heavy atom. The van der Waals surface area contributed by atoms with E-state index in [0.717, 1.165) is 22.2 Å². The number of phenols is 1. The van der Waals surface area contributed by atoms with Crippen LogP contribution in [0.25, 0.3) is 28.0 Å². The van der Waals surface area contributed by atoms with Crippen LogP contribution in [0.1, 0.15) is 22.3 Å². The summed E-state index contributed by atoms with van der Waals surface area (Å²) in [7, 11) is 0. The van der Waals surface area contributed by atoms with Crippen molar-refractivity contribution in [3.8, 4) is 22.8 Å². The molecule has 0 saturated carbocycles. The van der Waals surface area contributed by atoms with Crippen LogP contribution in [-0.4, -0.2) is 24.9 Å². The molecule has 0 saturated heterocycles. The zero-order chi connectivity index (χ0) is 23.8. The number of rotatable bonds is 5. The summed E-state index contributed by atoms with van der Waals surface area (Å²) in [5, 5.41) is 20.5. The number of hydrogen-bond acceptors (Lipinski definition) is 7. The lowest BCUT2D eigenvalue weighted by Gasteiger charge is -2.13. The van der Waals surface area contributed by atoms with E-state index in [1.54, 1.807) is 31.5 Å². The van der Waals surface area contributed by atoms with Crippen molar-refractivity contribution in [2.75, 3.05) is 0 Å². The number of pyridine rings is 1. The highest BCUT2D eigenvalue weighted by atomic mass is 32.2. The van der Waals surface area contributed by atoms with Gasteiger partial charge in [-0.25, -0.2) is 4.79 Å². The number of thioether (sulfide) groups is 1. The number of benzene rings is 2. The van der Waals surface area contributed by atoms with Gasteiger partial charge in [-0.1, -0.05) is 17.8 Å². The van der Waals surface area contributed by atoms with Crippen LogP contribution in [0.2, 0.25) is 0 Å². The van der Waals surface area contributed by atoms with E-state index < -0.39 is 5.63 Å². The second-order valence-corrected chi connectivity index (χ2v) is 9.05. The standard InChI is InChI=1S/C26H22N4O3S/c1-15-4-5-20(12-16(15)2)30-25(18-8-10-27-11-9-18)28-29-26(30)34-14-19-13-23(32)33-24-17(3)22(31)7-6-21(19)24/h4-13,31H,14H2,1-3H3. The highest BCUT2D eigenvalue weighted by Gasteiger charge is 2.18. The lowest BCUT2D eigenvalue weighted by Crippen LogP contribution is -2.03. The van der Waals surface area contributed by atoms with Crippen molar-refractivity contribution in [3.05, 3.63) is 93.6 Å². The number of aryl methyl sites for hydroxylation is 3. The third kappa shape index (κ3) is 3.97. The molecule has 0 aliphatic heterocycles. The number of phenolic OH excluding ortho intramolecular Hbond substituents is 1. The molecule has 0 radical (unpaired) electrons. The Hall–Kier alpha value is -3.91. The van der Waals surface area contributed by atoms with Crippen LogP contribution >= 0.6 is 11.8 Å². The maximum absolute atomic E-state index is 12.2. The summed E-state index contributed by atoms with van der Waals surface area (Å²) < 4.78 is 7.41. The topological polar surface area (TPSA) is 94.0 Å². The van der Waals surface area contributed by atoms with Crippen LogP contribution < -0.4 is 5.63 Å². The van der Waals surface area contributed by atoms with Gasteiger partial charge in [0, 0.05) is 40.7 Å². The van der Waals surface area contributed by atoms with E-state index in [-0.39, 0.29) is 5.75 Å². The van der Waals surface area contributed by atoms with E-state index in [1.807, 2.05) is 16.7 Å². The summed E-state index contributed by atoms with van der Waals surface area (Å²) in [5.41, 5.74) is 5.53. The van der Waals surface area contributed by atoms with E-state index >= 15 is 0 Å². The van der Waals surface area contributed by atoms with Gasteiger partial charge in [0.05, 0.1) is 5.69 Å². The van der Waals surface area contributed by atoms with E-state index in [2.05, 4.69) is 47.2 Å². The molecule has 0 unspecified atom stereocenters. The number of nitrogens with zero attached hydrogens (tertiary/aromatic N) is 4. The first-order valence-corrected chi connectivity index (χ1v) is 11.7. The fourth-order valence-electron chi connectivity index (χ4n) is 3.83. The van der Waals surface area contributed by atoms with Crippen molar-refractivity contribution in [2.45, 2.75) is 31.7 Å². The van der Waals surface area contributed by atoms with Gasteiger partial charge in [0.2, 0.25) is 0 Å². The van der Waals surface area contributed by atoms with Crippen molar-refractivity contribution in [1.82, 2.24) is 19.7 Å². The van der Waals surface area contributed by atoms with Gasteiger partial charge in [0.15, 0.2) is 11.0 Å². The van der Waals surface area contributed by atoms with Crippen LogP contribution in [0.15, 0.2) is 75.3 Å². The first-order valence-electron chi connectivity index (χ1n) is 10.7. The third-order valence-electron chi connectivity index (χ3n) is 5.90. The average Bonchev–Trinajstić information content (AvgIpc) is 3.26. The van der Waals surface area contributed by atoms with Gasteiger partial charge in [-0.3, -0.25) is 9.55 Å². The van der Waals surface area contributed by atoms with Crippen LogP contribution in [-0.2, 0) is 5.75 Å². The molecule has 3 heterocycles. The van der Waals surface area contributed by atoms with Crippen LogP contribution in [0.4, 0.5) is 0 Å². The lowest BCUT2D eigenvalue weighted by molar-refractivity contribution is 0.468. The first-order chi connectivity index (χ1) is 16.4. The fraction of sp³-hybridized carbons (Fsp3) is 0.154. The van der Waals surface area contributed by atoms with Crippen molar-refractivity contribution in [1.29, 1.82) is 0 Å². The molecule has 34 heavy (non-hydrogen) atoms. The summed E-state index contributed by atoms with van der Waals surface area (Å²) in [4.78, 5) is 16.3. The molecular formula is C26H22N4O3S. The molecule has 170 valence electrons. The van der Waals surface area contributed by atoms with Crippen molar-refractivity contribution < 1.29 is 9.52 Å². The van der Waals surface area contributed by atoms with Crippen molar-refractivity contribution >= 4 is 22.7 Å². The monoisotopic (exact) mass is 470 g/mol. The van der Waals surface area contributed by atoms with Gasteiger partial charge in [-0.15, -0.1) is 10.2 Å². The van der Waals surface area contributed by atoms with E-state index in [4.69, 9.17) is 4.42 Å². The molecule has 0 spiro atoms. The zero-order valence-corrected chi connectivity index (χ0v) is 19.8. The largest absolute Gasteiger partial charge is 0.508 e. The Balaban J connectivity index is 1.59. The van der Waals surface area contributed by atoms with Gasteiger partial charge >= 0.3 is 5.63 Å². The Kier molecular flexibility index (Phi) is 5.67. The van der Waals surface area contributed by atoms with Gasteiger partial charge in [-0.05, 0) is 73.9 Å². The summed E-state index contributed by atoms with van der Waals surface area (Å²) in [6.07, 6.45) is 3.46. The fourth-order valence-corrected chi connectivity index (χ4v) is 4.77. The minimum atomic E-state index is -0.454. The third-order valence-corrected chi connectivity index (χ3v) is 6.87. The molecule has 5 rings (SSSR count). The first kappa shape index (κ1) is 21.9. The molecule has 7 nitrogen and oxygen atoms in total. The zero-order valence-electron chi connectivity index (χ0n) is 18.9. The van der Waals surface area contributed by atoms with Gasteiger partial charge in [-0.2, -0.15) is 0 Å². The van der Waals surface area contributed by atoms with Gasteiger partial charge in [0.25, 0.3) is 0 Å². The summed E-state index contributed by atoms with van der Waals surface area (Å²) >= 11 is 1.48. The second-order valence-electron chi connectivity index (χ2n) is 8.11. The van der Waals surface area contributed by atoms with Crippen molar-refractivity contribution in [2.24, 2.45) is 0 Å². The molecule has 3 aromatic heterocycles. The smallest absolute Gasteiger partial charge is 0.336 e. The molecule has 0 aliphatic carbocycles. The SMILES string of the molecule is Cc1ccc(-n2c(SCc3cc(=O)oc4c(C)c(O)ccc34)nnc2-c2ccncc2)cc1C. The molecule has 2 aromatic carbocycles. The Morgan fingerprint density at radius 2 is 1.76 bits per heavy atom. The summed E-state index contributed by atoms with van der Waals surface area (Å²) in [5.74, 6) is 1.29. The van der Waals surface area contributed by atoms with E-state index in [0.29, 0.717) is 27.9 Å². The quantitative estimate of drug-likeness (QED) is 0.273. The number of hydrogen-bond donors (Lipinski definition) is 1. The molecule has 5 aromatic rings. The number of aromatic nitrogens is 4. The average molecular weight is 471 g/mol. The second kappa shape index (κ2) is 8.79. The summed E-state index contributed by atoms with van der Waals surface area (Å²) in [6.45, 7) is 5.89. The van der Waals surface area contributed by atoms with Crippen LogP contribution in [0.3, 0.4) is 0 Å². The van der Waals surface area contributed by atoms with Gasteiger partial charge in [0.1, 0.15) is 11.3 Å². The molecule has 0 atom stereocenters. The molecule has 0 aliphatic rings. The molecular weight excluding hydrogens is 448 g/mol. The number of aromatic hydroxyl groups is 1. The predicted molar refractivity (Wildman–Crippen MR) is 133 cm³/mol. The highest BCUT2D eigenvalue weighted by Crippen LogP contribution is 2.33. The molecule has 0 bridgehead atoms. The van der Waals surface area contributed by atoms with Gasteiger partial charge < -0.3 is 9.52 Å². The van der Waals surface area contributed by atoms with E-state index in [1.165, 1.54) is 29.0 Å². The molecule has 0 fully saturated rings. The van der Waals surface area contributed by atoms with Crippen LogP contribution in [0, 0.1) is 20.8 Å². The summed E-state index contributed by atoms with van der Waals surface area (Å²) in [6, 6.07) is 14.9. The number of fused-ring (bicyclic) bond motifs is 1. The predicted octanol–water partition coefficient (Wildman–Crippen LogP) is 5.36.